The van der Waals surface area contributed by atoms with E-state index in [1.807, 2.05) is 6.92 Å². The maximum Gasteiger partial charge on any atom is 0.407 e. The molecule has 0 aromatic rings. The number of ether oxygens (including phenoxy) is 2. The van der Waals surface area contributed by atoms with Gasteiger partial charge in [0.1, 0.15) is 12.7 Å². The van der Waals surface area contributed by atoms with Crippen LogP contribution in [0.5, 0.6) is 0 Å². The number of hydrogen-bond acceptors (Lipinski definition) is 5. The van der Waals surface area contributed by atoms with E-state index >= 15 is 0 Å². The standard InChI is InChI=1S/C9H19N3O4/c1-2-3-4-12-9(14)15-6-7(5-10)16-8(11)13/h7H,2-6,10H2,1H3,(H2,11,13)(H,12,14). The second kappa shape index (κ2) is 8.78. The Balaban J connectivity index is 3.66. The Hall–Kier alpha value is -1.50. The summed E-state index contributed by atoms with van der Waals surface area (Å²) in [5, 5.41) is 2.54. The molecule has 16 heavy (non-hydrogen) atoms. The van der Waals surface area contributed by atoms with Gasteiger partial charge in [0.15, 0.2) is 0 Å². The molecule has 0 aliphatic rings. The first-order valence-electron chi connectivity index (χ1n) is 5.16. The van der Waals surface area contributed by atoms with Gasteiger partial charge >= 0.3 is 12.2 Å². The highest BCUT2D eigenvalue weighted by molar-refractivity contribution is 5.67. The molecule has 94 valence electrons. The van der Waals surface area contributed by atoms with Crippen molar-refractivity contribution in [3.63, 3.8) is 0 Å². The number of alkyl carbamates (subject to hydrolysis) is 1. The summed E-state index contributed by atoms with van der Waals surface area (Å²) in [7, 11) is 0. The lowest BCUT2D eigenvalue weighted by Gasteiger charge is -2.14. The van der Waals surface area contributed by atoms with Gasteiger partial charge in [-0.3, -0.25) is 0 Å². The quantitative estimate of drug-likeness (QED) is 0.532. The van der Waals surface area contributed by atoms with E-state index in [0.29, 0.717) is 6.54 Å². The first-order chi connectivity index (χ1) is 7.60. The molecule has 0 aromatic carbocycles. The van der Waals surface area contributed by atoms with Gasteiger partial charge in [-0.25, -0.2) is 9.59 Å². The fourth-order valence-electron chi connectivity index (χ4n) is 0.901. The molecular formula is C9H19N3O4. The van der Waals surface area contributed by atoms with Crippen molar-refractivity contribution in [2.45, 2.75) is 25.9 Å². The largest absolute Gasteiger partial charge is 0.446 e. The van der Waals surface area contributed by atoms with E-state index in [2.05, 4.69) is 10.1 Å². The Kier molecular flexibility index (Phi) is 7.96. The fraction of sp³-hybridized carbons (Fsp3) is 0.778. The first kappa shape index (κ1) is 14.5. The van der Waals surface area contributed by atoms with Crippen molar-refractivity contribution in [1.82, 2.24) is 5.32 Å². The summed E-state index contributed by atoms with van der Waals surface area (Å²) in [5.74, 6) is 0. The van der Waals surface area contributed by atoms with E-state index < -0.39 is 18.3 Å². The third-order valence-corrected chi connectivity index (χ3v) is 1.75. The number of rotatable bonds is 7. The van der Waals surface area contributed by atoms with Crippen LogP contribution in [0.15, 0.2) is 0 Å². The predicted molar refractivity (Wildman–Crippen MR) is 57.8 cm³/mol. The molecule has 1 atom stereocenters. The molecule has 0 saturated carbocycles. The van der Waals surface area contributed by atoms with Crippen molar-refractivity contribution >= 4 is 12.2 Å². The highest BCUT2D eigenvalue weighted by Gasteiger charge is 2.13. The molecule has 0 aliphatic heterocycles. The number of carbonyl (C=O) groups excluding carboxylic acids is 2. The van der Waals surface area contributed by atoms with Crippen LogP contribution < -0.4 is 16.8 Å². The number of unbranched alkanes of at least 4 members (excludes halogenated alkanes) is 1. The van der Waals surface area contributed by atoms with Crippen LogP contribution in [-0.2, 0) is 9.47 Å². The molecule has 0 spiro atoms. The van der Waals surface area contributed by atoms with E-state index in [9.17, 15) is 9.59 Å². The third-order valence-electron chi connectivity index (χ3n) is 1.75. The molecule has 0 aromatic heterocycles. The van der Waals surface area contributed by atoms with Crippen molar-refractivity contribution in [2.24, 2.45) is 11.5 Å². The van der Waals surface area contributed by atoms with Crippen molar-refractivity contribution < 1.29 is 19.1 Å². The maximum absolute atomic E-state index is 11.1. The van der Waals surface area contributed by atoms with Gasteiger partial charge in [-0.15, -0.1) is 0 Å². The predicted octanol–water partition coefficient (Wildman–Crippen LogP) is -0.0647. The lowest BCUT2D eigenvalue weighted by Crippen LogP contribution is -2.36. The van der Waals surface area contributed by atoms with Crippen molar-refractivity contribution in [3.05, 3.63) is 0 Å². The second-order valence-corrected chi connectivity index (χ2v) is 3.17. The monoisotopic (exact) mass is 233 g/mol. The van der Waals surface area contributed by atoms with Gasteiger partial charge in [-0.2, -0.15) is 0 Å². The molecule has 0 aliphatic carbocycles. The van der Waals surface area contributed by atoms with Crippen molar-refractivity contribution in [2.75, 3.05) is 19.7 Å². The van der Waals surface area contributed by atoms with Gasteiger partial charge in [0.2, 0.25) is 0 Å². The Labute approximate surface area is 94.4 Å². The molecular weight excluding hydrogens is 214 g/mol. The van der Waals surface area contributed by atoms with E-state index in [4.69, 9.17) is 16.2 Å². The smallest absolute Gasteiger partial charge is 0.407 e. The van der Waals surface area contributed by atoms with Gasteiger partial charge in [0, 0.05) is 13.1 Å². The fourth-order valence-corrected chi connectivity index (χ4v) is 0.901. The Morgan fingerprint density at radius 1 is 1.44 bits per heavy atom. The average Bonchev–Trinajstić information content (AvgIpc) is 2.24. The van der Waals surface area contributed by atoms with Gasteiger partial charge in [-0.1, -0.05) is 13.3 Å². The number of carbonyl (C=O) groups is 2. The molecule has 0 fully saturated rings. The number of nitrogens with two attached hydrogens (primary N) is 2. The van der Waals surface area contributed by atoms with E-state index in [-0.39, 0.29) is 13.2 Å². The van der Waals surface area contributed by atoms with Crippen LogP contribution in [0, 0.1) is 0 Å². The van der Waals surface area contributed by atoms with Crippen LogP contribution in [0.1, 0.15) is 19.8 Å². The molecule has 0 heterocycles. The SMILES string of the molecule is CCCCNC(=O)OCC(CN)OC(N)=O. The molecule has 7 heteroatoms. The van der Waals surface area contributed by atoms with Crippen LogP contribution in [0.3, 0.4) is 0 Å². The summed E-state index contributed by atoms with van der Waals surface area (Å²) in [4.78, 5) is 21.5. The minimum atomic E-state index is -0.939. The highest BCUT2D eigenvalue weighted by Crippen LogP contribution is 1.92. The Morgan fingerprint density at radius 2 is 2.12 bits per heavy atom. The maximum atomic E-state index is 11.1. The van der Waals surface area contributed by atoms with Crippen LogP contribution >= 0.6 is 0 Å². The minimum Gasteiger partial charge on any atom is -0.446 e. The van der Waals surface area contributed by atoms with E-state index in [1.54, 1.807) is 0 Å². The number of hydrogen-bond donors (Lipinski definition) is 3. The van der Waals surface area contributed by atoms with Crippen molar-refractivity contribution in [3.8, 4) is 0 Å². The summed E-state index contributed by atoms with van der Waals surface area (Å²) < 4.78 is 9.36. The molecule has 5 N–H and O–H groups in total. The van der Waals surface area contributed by atoms with Crippen LogP contribution in [-0.4, -0.2) is 38.0 Å². The zero-order chi connectivity index (χ0) is 12.4. The van der Waals surface area contributed by atoms with Gasteiger partial charge in [-0.05, 0) is 6.42 Å². The molecule has 1 unspecified atom stereocenters. The normalized spacial score (nSPS) is 11.6. The summed E-state index contributed by atoms with van der Waals surface area (Å²) in [6.45, 7) is 2.51. The summed E-state index contributed by atoms with van der Waals surface area (Å²) >= 11 is 0. The van der Waals surface area contributed by atoms with E-state index in [0.717, 1.165) is 12.8 Å². The van der Waals surface area contributed by atoms with Gasteiger partial charge in [0.25, 0.3) is 0 Å². The van der Waals surface area contributed by atoms with Gasteiger partial charge < -0.3 is 26.3 Å². The molecule has 0 bridgehead atoms. The molecule has 0 rings (SSSR count). The lowest BCUT2D eigenvalue weighted by atomic mass is 10.3. The molecule has 7 nitrogen and oxygen atoms in total. The molecule has 0 saturated heterocycles. The average molecular weight is 233 g/mol. The molecule has 2 amide bonds. The number of primary amides is 1. The van der Waals surface area contributed by atoms with Gasteiger partial charge in [0.05, 0.1) is 0 Å². The van der Waals surface area contributed by atoms with Crippen LogP contribution in [0.4, 0.5) is 9.59 Å². The summed E-state index contributed by atoms with van der Waals surface area (Å²) in [6.07, 6.45) is -0.330. The minimum absolute atomic E-state index is 0.0468. The van der Waals surface area contributed by atoms with Crippen molar-refractivity contribution in [1.29, 1.82) is 0 Å². The van der Waals surface area contributed by atoms with Crippen LogP contribution in [0.2, 0.25) is 0 Å². The zero-order valence-electron chi connectivity index (χ0n) is 9.40. The topological polar surface area (TPSA) is 117 Å². The summed E-state index contributed by atoms with van der Waals surface area (Å²) in [6, 6.07) is 0. The summed E-state index contributed by atoms with van der Waals surface area (Å²) in [5.41, 5.74) is 10.1. The second-order valence-electron chi connectivity index (χ2n) is 3.17. The highest BCUT2D eigenvalue weighted by atomic mass is 16.6. The Morgan fingerprint density at radius 3 is 2.62 bits per heavy atom. The first-order valence-corrected chi connectivity index (χ1v) is 5.16. The third kappa shape index (κ3) is 7.86. The Bertz CT molecular complexity index is 223. The molecule has 0 radical (unpaired) electrons. The number of nitrogens with one attached hydrogen (secondary N) is 1. The van der Waals surface area contributed by atoms with E-state index in [1.165, 1.54) is 0 Å². The lowest BCUT2D eigenvalue weighted by molar-refractivity contribution is 0.0530. The van der Waals surface area contributed by atoms with Crippen LogP contribution in [0.25, 0.3) is 0 Å². The number of amides is 2. The zero-order valence-corrected chi connectivity index (χ0v) is 9.40.